The number of amides is 1. The van der Waals surface area contributed by atoms with E-state index in [1.54, 1.807) is 18.6 Å². The average Bonchev–Trinajstić information content (AvgIpc) is 3.26. The summed E-state index contributed by atoms with van der Waals surface area (Å²) in [5, 5.41) is 8.51. The van der Waals surface area contributed by atoms with Crippen molar-refractivity contribution in [1.82, 2.24) is 25.7 Å². The van der Waals surface area contributed by atoms with Crippen molar-refractivity contribution in [2.45, 2.75) is 39.7 Å². The van der Waals surface area contributed by atoms with Crippen LogP contribution in [0.2, 0.25) is 0 Å². The number of allylic oxidation sites excluding steroid dienone is 3. The van der Waals surface area contributed by atoms with Gasteiger partial charge < -0.3 is 15.7 Å². The van der Waals surface area contributed by atoms with E-state index in [-0.39, 0.29) is 5.91 Å². The lowest BCUT2D eigenvalue weighted by Gasteiger charge is -2.17. The maximum atomic E-state index is 12.1. The van der Waals surface area contributed by atoms with Gasteiger partial charge in [-0.2, -0.15) is 5.10 Å². The first kappa shape index (κ1) is 22.1. The number of aliphatic imine (C=N–C) groups is 1. The molecule has 0 fully saturated rings. The number of hydrogen-bond acceptors (Lipinski definition) is 6. The molecule has 1 aliphatic heterocycles. The Balaban J connectivity index is 1.66. The van der Waals surface area contributed by atoms with Gasteiger partial charge in [0.2, 0.25) is 5.91 Å². The van der Waals surface area contributed by atoms with Gasteiger partial charge in [0.05, 0.1) is 17.9 Å². The van der Waals surface area contributed by atoms with E-state index < -0.39 is 0 Å². The average molecular weight is 442 g/mol. The lowest BCUT2D eigenvalue weighted by atomic mass is 9.99. The smallest absolute Gasteiger partial charge is 0.224 e. The Hall–Kier alpha value is -4.07. The highest BCUT2D eigenvalue weighted by atomic mass is 16.1. The molecule has 8 nitrogen and oxygen atoms in total. The van der Waals surface area contributed by atoms with Gasteiger partial charge in [-0.3, -0.25) is 19.8 Å². The minimum atomic E-state index is 0.00822. The van der Waals surface area contributed by atoms with Gasteiger partial charge in [-0.1, -0.05) is 13.3 Å². The van der Waals surface area contributed by atoms with Gasteiger partial charge in [-0.25, -0.2) is 0 Å². The number of nitrogens with one attached hydrogen (secondary N) is 3. The molecule has 4 heterocycles. The molecule has 3 N–H and O–H groups in total. The second-order valence-electron chi connectivity index (χ2n) is 7.91. The molecule has 0 radical (unpaired) electrons. The SMILES string of the molecule is C=N/C=C(\C=C(/C)NC(=O)CCCC)c1cnc2c(c1)C(c1cc3cnccc3[nH]1)=NNC2. The second kappa shape index (κ2) is 10.0. The van der Waals surface area contributed by atoms with E-state index in [2.05, 4.69) is 49.4 Å². The summed E-state index contributed by atoms with van der Waals surface area (Å²) in [6.45, 7) is 8.07. The second-order valence-corrected chi connectivity index (χ2v) is 7.91. The first-order valence-corrected chi connectivity index (χ1v) is 11.0. The number of hydrogen-bond donors (Lipinski definition) is 3. The van der Waals surface area contributed by atoms with E-state index in [4.69, 9.17) is 0 Å². The molecule has 0 atom stereocenters. The van der Waals surface area contributed by atoms with Crippen molar-refractivity contribution in [1.29, 1.82) is 0 Å². The summed E-state index contributed by atoms with van der Waals surface area (Å²) in [4.78, 5) is 28.3. The third kappa shape index (κ3) is 5.06. The van der Waals surface area contributed by atoms with Crippen LogP contribution in [0.15, 0.2) is 64.9 Å². The van der Waals surface area contributed by atoms with Crippen molar-refractivity contribution < 1.29 is 4.79 Å². The number of carbonyl (C=O) groups excluding carboxylic acids is 1. The first-order valence-electron chi connectivity index (χ1n) is 11.0. The minimum absolute atomic E-state index is 0.00822. The zero-order valence-corrected chi connectivity index (χ0v) is 18.9. The van der Waals surface area contributed by atoms with Crippen LogP contribution in [0.3, 0.4) is 0 Å². The molecule has 0 spiro atoms. The number of carbonyl (C=O) groups is 1. The van der Waals surface area contributed by atoms with E-state index in [1.165, 1.54) is 0 Å². The maximum Gasteiger partial charge on any atom is 0.224 e. The molecule has 33 heavy (non-hydrogen) atoms. The van der Waals surface area contributed by atoms with Crippen LogP contribution < -0.4 is 10.7 Å². The number of hydrazone groups is 1. The van der Waals surface area contributed by atoms with Gasteiger partial charge in [0, 0.05) is 64.5 Å². The van der Waals surface area contributed by atoms with E-state index in [9.17, 15) is 4.79 Å². The van der Waals surface area contributed by atoms with Gasteiger partial charge in [0.25, 0.3) is 0 Å². The van der Waals surface area contributed by atoms with Crippen molar-refractivity contribution in [3.05, 3.63) is 77.3 Å². The van der Waals surface area contributed by atoms with E-state index in [1.807, 2.05) is 37.4 Å². The Kier molecular flexibility index (Phi) is 6.73. The molecular formula is C25H27N7O. The summed E-state index contributed by atoms with van der Waals surface area (Å²) in [6.07, 6.45) is 11.3. The zero-order valence-electron chi connectivity index (χ0n) is 18.9. The van der Waals surface area contributed by atoms with E-state index >= 15 is 0 Å². The highest BCUT2D eigenvalue weighted by Crippen LogP contribution is 2.25. The van der Waals surface area contributed by atoms with Crippen LogP contribution in [0, 0.1) is 0 Å². The fourth-order valence-electron chi connectivity index (χ4n) is 3.74. The molecule has 3 aromatic heterocycles. The van der Waals surface area contributed by atoms with Crippen molar-refractivity contribution in [3.63, 3.8) is 0 Å². The summed E-state index contributed by atoms with van der Waals surface area (Å²) in [7, 11) is 0. The number of fused-ring (bicyclic) bond motifs is 2. The minimum Gasteiger partial charge on any atom is -0.353 e. The Bertz CT molecular complexity index is 1250. The van der Waals surface area contributed by atoms with Crippen LogP contribution >= 0.6 is 0 Å². The van der Waals surface area contributed by atoms with Crippen molar-refractivity contribution >= 4 is 34.8 Å². The highest BCUT2D eigenvalue weighted by Gasteiger charge is 2.20. The van der Waals surface area contributed by atoms with E-state index in [0.717, 1.165) is 63.2 Å². The molecule has 1 aliphatic rings. The summed E-state index contributed by atoms with van der Waals surface area (Å²) in [6, 6.07) is 6.01. The molecule has 1 amide bonds. The molecule has 0 bridgehead atoms. The number of aromatic nitrogens is 3. The van der Waals surface area contributed by atoms with Crippen LogP contribution in [-0.4, -0.2) is 33.3 Å². The Morgan fingerprint density at radius 2 is 2.21 bits per heavy atom. The number of unbranched alkanes of at least 4 members (excludes halogenated alkanes) is 1. The van der Waals surface area contributed by atoms with Crippen LogP contribution in [0.5, 0.6) is 0 Å². The Morgan fingerprint density at radius 3 is 3.00 bits per heavy atom. The molecule has 0 aliphatic carbocycles. The predicted octanol–water partition coefficient (Wildman–Crippen LogP) is 4.07. The summed E-state index contributed by atoms with van der Waals surface area (Å²) >= 11 is 0. The number of nitrogens with zero attached hydrogens (tertiary/aromatic N) is 4. The topological polar surface area (TPSA) is 107 Å². The normalized spacial score (nSPS) is 13.8. The number of rotatable bonds is 8. The van der Waals surface area contributed by atoms with Gasteiger partial charge >= 0.3 is 0 Å². The van der Waals surface area contributed by atoms with Crippen LogP contribution in [-0.2, 0) is 11.3 Å². The third-order valence-electron chi connectivity index (χ3n) is 5.37. The molecule has 4 rings (SSSR count). The summed E-state index contributed by atoms with van der Waals surface area (Å²) in [5.41, 5.74) is 9.95. The third-order valence-corrected chi connectivity index (χ3v) is 5.37. The number of aromatic amines is 1. The summed E-state index contributed by atoms with van der Waals surface area (Å²) < 4.78 is 0. The lowest BCUT2D eigenvalue weighted by molar-refractivity contribution is -0.120. The quantitative estimate of drug-likeness (QED) is 0.362. The monoisotopic (exact) mass is 441 g/mol. The molecule has 0 saturated heterocycles. The molecule has 0 saturated carbocycles. The standard InChI is InChI=1S/C25H27N7O/c1-4-5-6-24(33)30-16(2)9-17(12-26-3)18-10-20-23(28-14-18)15-29-32-25(20)22-11-19-13-27-8-7-21(19)31-22/h7-14,29,31H,3-6,15H2,1-2H3,(H,30,33)/b16-9+,17-12+. The zero-order chi connectivity index (χ0) is 23.2. The van der Waals surface area contributed by atoms with Gasteiger partial charge in [-0.15, -0.1) is 0 Å². The Labute approximate surface area is 192 Å². The molecule has 3 aromatic rings. The first-order chi connectivity index (χ1) is 16.1. The van der Waals surface area contributed by atoms with Gasteiger partial charge in [0.15, 0.2) is 0 Å². The van der Waals surface area contributed by atoms with Crippen LogP contribution in [0.25, 0.3) is 16.5 Å². The molecule has 0 unspecified atom stereocenters. The van der Waals surface area contributed by atoms with Gasteiger partial charge in [-0.05, 0) is 44.3 Å². The van der Waals surface area contributed by atoms with E-state index in [0.29, 0.717) is 13.0 Å². The van der Waals surface area contributed by atoms with Crippen molar-refractivity contribution in [2.24, 2.45) is 10.1 Å². The maximum absolute atomic E-state index is 12.1. The van der Waals surface area contributed by atoms with Crippen LogP contribution in [0.4, 0.5) is 0 Å². The lowest BCUT2D eigenvalue weighted by Crippen LogP contribution is -2.23. The summed E-state index contributed by atoms with van der Waals surface area (Å²) in [5.74, 6) is 0.00822. The fourth-order valence-corrected chi connectivity index (χ4v) is 3.74. The predicted molar refractivity (Wildman–Crippen MR) is 132 cm³/mol. The van der Waals surface area contributed by atoms with Gasteiger partial charge in [0.1, 0.15) is 5.71 Å². The fraction of sp³-hybridized carbons (Fsp3) is 0.240. The molecule has 0 aromatic carbocycles. The van der Waals surface area contributed by atoms with Crippen molar-refractivity contribution in [3.8, 4) is 0 Å². The molecule has 168 valence electrons. The van der Waals surface area contributed by atoms with Crippen LogP contribution in [0.1, 0.15) is 55.6 Å². The molecular weight excluding hydrogens is 414 g/mol. The highest BCUT2D eigenvalue weighted by molar-refractivity contribution is 6.14. The molecule has 8 heteroatoms. The Morgan fingerprint density at radius 1 is 1.33 bits per heavy atom. The van der Waals surface area contributed by atoms with Crippen molar-refractivity contribution in [2.75, 3.05) is 0 Å². The largest absolute Gasteiger partial charge is 0.353 e. The number of pyridine rings is 2. The number of H-pyrrole nitrogens is 1.